The van der Waals surface area contributed by atoms with Gasteiger partial charge in [-0.2, -0.15) is 13.2 Å². The van der Waals surface area contributed by atoms with Crippen molar-refractivity contribution in [3.63, 3.8) is 0 Å². The number of fused-ring (bicyclic) bond motifs is 2. The van der Waals surface area contributed by atoms with Crippen molar-refractivity contribution in [3.05, 3.63) is 76.6 Å². The minimum absolute atomic E-state index is 0.0262. The van der Waals surface area contributed by atoms with Gasteiger partial charge in [0.25, 0.3) is 5.91 Å². The van der Waals surface area contributed by atoms with Crippen LogP contribution >= 0.6 is 0 Å². The van der Waals surface area contributed by atoms with Crippen LogP contribution in [0.1, 0.15) is 71.5 Å². The second-order valence-corrected chi connectivity index (χ2v) is 14.3. The number of likely N-dealkylation sites (tertiary alicyclic amines) is 1. The number of carbonyl (C=O) groups is 5. The van der Waals surface area contributed by atoms with Crippen LogP contribution in [0.15, 0.2) is 48.5 Å². The van der Waals surface area contributed by atoms with Gasteiger partial charge in [0.05, 0.1) is 30.8 Å². The topological polar surface area (TPSA) is 198 Å². The van der Waals surface area contributed by atoms with Gasteiger partial charge in [0, 0.05) is 54.3 Å². The molecule has 0 aliphatic carbocycles. The lowest BCUT2D eigenvalue weighted by atomic mass is 10.0. The second kappa shape index (κ2) is 15.2. The molecule has 18 heteroatoms. The number of amides is 5. The molecule has 0 radical (unpaired) electrons. The van der Waals surface area contributed by atoms with Crippen LogP contribution in [0.25, 0.3) is 10.9 Å². The number of hydrogen-bond donors (Lipinski definition) is 4. The van der Waals surface area contributed by atoms with E-state index >= 15 is 0 Å². The maximum absolute atomic E-state index is 13.5. The summed E-state index contributed by atoms with van der Waals surface area (Å²) in [5.41, 5.74) is 7.12. The van der Waals surface area contributed by atoms with Gasteiger partial charge in [0.2, 0.25) is 23.6 Å². The molecule has 0 saturated carbocycles. The number of alkyl halides is 3. The van der Waals surface area contributed by atoms with E-state index in [0.29, 0.717) is 69.4 Å². The molecule has 15 nitrogen and oxygen atoms in total. The lowest BCUT2D eigenvalue weighted by molar-refractivity contribution is -0.138. The highest BCUT2D eigenvalue weighted by atomic mass is 19.4. The number of aryl methyl sites for hydroxylation is 1. The van der Waals surface area contributed by atoms with E-state index in [1.165, 1.54) is 23.0 Å². The number of aromatic nitrogens is 2. The van der Waals surface area contributed by atoms with Gasteiger partial charge in [-0.15, -0.1) is 0 Å². The lowest BCUT2D eigenvalue weighted by Gasteiger charge is -2.29. The average molecular weight is 789 g/mol. The molecule has 5 amide bonds. The Hall–Kier alpha value is -6.46. The molecule has 3 aliphatic heterocycles. The van der Waals surface area contributed by atoms with Gasteiger partial charge in [0.15, 0.2) is 11.5 Å². The van der Waals surface area contributed by atoms with Gasteiger partial charge in [0.1, 0.15) is 30.2 Å². The Labute approximate surface area is 324 Å². The van der Waals surface area contributed by atoms with Gasteiger partial charge < -0.3 is 35.6 Å². The lowest BCUT2D eigenvalue weighted by Crippen LogP contribution is -2.52. The Kier molecular flexibility index (Phi) is 10.4. The minimum Gasteiger partial charge on any atom is -0.493 e. The van der Waals surface area contributed by atoms with E-state index in [4.69, 9.17) is 15.2 Å². The number of carbonyl (C=O) groups excluding carboxylic acids is 5. The zero-order chi connectivity index (χ0) is 40.8. The van der Waals surface area contributed by atoms with Crippen LogP contribution in [0.2, 0.25) is 0 Å². The number of nitrogen functional groups attached to an aromatic ring is 1. The highest BCUT2D eigenvalue weighted by Gasteiger charge is 2.39. The van der Waals surface area contributed by atoms with Crippen molar-refractivity contribution in [2.24, 2.45) is 0 Å². The number of hydrogen-bond acceptors (Lipinski definition) is 11. The van der Waals surface area contributed by atoms with Crippen molar-refractivity contribution in [3.8, 4) is 11.5 Å². The first-order valence-electron chi connectivity index (χ1n) is 18.2. The van der Waals surface area contributed by atoms with E-state index < -0.39 is 54.1 Å². The van der Waals surface area contributed by atoms with Crippen molar-refractivity contribution >= 4 is 57.6 Å². The Balaban J connectivity index is 0.986. The third kappa shape index (κ3) is 8.24. The van der Waals surface area contributed by atoms with Crippen LogP contribution in [0.5, 0.6) is 11.5 Å². The number of nitrogens with one attached hydrogen (secondary N) is 3. The molecular formula is C39H39F3N8O7. The van der Waals surface area contributed by atoms with Crippen LogP contribution in [-0.2, 0) is 31.9 Å². The van der Waals surface area contributed by atoms with E-state index in [0.717, 1.165) is 12.1 Å². The van der Waals surface area contributed by atoms with E-state index in [2.05, 4.69) is 25.9 Å². The summed E-state index contributed by atoms with van der Waals surface area (Å²) in [5.74, 6) is -0.740. The van der Waals surface area contributed by atoms with Crippen molar-refractivity contribution < 1.29 is 46.6 Å². The smallest absolute Gasteiger partial charge is 0.416 e. The summed E-state index contributed by atoms with van der Waals surface area (Å²) in [6.45, 7) is 4.03. The summed E-state index contributed by atoms with van der Waals surface area (Å²) in [4.78, 5) is 75.1. The third-order valence-corrected chi connectivity index (χ3v) is 10.2. The summed E-state index contributed by atoms with van der Waals surface area (Å²) in [6.07, 6.45) is -4.65. The second-order valence-electron chi connectivity index (χ2n) is 14.3. The van der Waals surface area contributed by atoms with Crippen LogP contribution < -0.4 is 31.2 Å². The summed E-state index contributed by atoms with van der Waals surface area (Å²) >= 11 is 0. The first kappa shape index (κ1) is 38.8. The number of imide groups is 1. The number of rotatable bonds is 10. The number of ether oxygens (including phenoxy) is 2. The van der Waals surface area contributed by atoms with Crippen LogP contribution in [0.4, 0.5) is 30.4 Å². The van der Waals surface area contributed by atoms with Gasteiger partial charge >= 0.3 is 6.18 Å². The molecule has 5 N–H and O–H groups in total. The molecule has 3 aliphatic rings. The molecule has 2 fully saturated rings. The van der Waals surface area contributed by atoms with Crippen molar-refractivity contribution in [1.82, 2.24) is 25.1 Å². The Morgan fingerprint density at radius 3 is 2.58 bits per heavy atom. The average Bonchev–Trinajstić information content (AvgIpc) is 3.74. The van der Waals surface area contributed by atoms with Gasteiger partial charge in [-0.1, -0.05) is 0 Å². The number of nitrogens with zero attached hydrogens (tertiary/aromatic N) is 4. The normalized spacial score (nSPS) is 18.7. The maximum atomic E-state index is 13.5. The SMILES string of the molecule is COc1cc2nc(C)nc(N[C@H](C)c3cc(N)cc(C(F)(F)F)c3)c2cc1O[C@H]1CCN(C(=O)CC(=O)Nc2ccc3c(c2)CN(C2CCC(=O)NC2=O)C3=O)C1. The molecule has 7 rings (SSSR count). The molecule has 4 heterocycles. The number of methoxy groups -OCH3 is 1. The number of nitrogens with two attached hydrogens (primary N) is 1. The summed E-state index contributed by atoms with van der Waals surface area (Å²) < 4.78 is 52.5. The molecule has 3 aromatic carbocycles. The number of halogens is 3. The predicted octanol–water partition coefficient (Wildman–Crippen LogP) is 4.49. The molecule has 0 spiro atoms. The highest BCUT2D eigenvalue weighted by molar-refractivity contribution is 6.07. The standard InChI is InChI=1S/C39H39F3N8O7/c1-19(21-10-23(39(40,41)42)13-24(43)11-21)44-36-28-14-32(31(56-3)15-29(28)45-20(2)46-36)57-26-8-9-49(18-26)35(53)16-34(52)47-25-4-5-27-22(12-25)17-50(38(27)55)30-6-7-33(51)48-37(30)54/h4-5,10-15,19,26,30H,6-9,16-18,43H2,1-3H3,(H,47,52)(H,44,45,46)(H,48,51,54)/t19-,26+,30?/m1/s1. The van der Waals surface area contributed by atoms with Crippen molar-refractivity contribution in [2.75, 3.05) is 36.6 Å². The summed E-state index contributed by atoms with van der Waals surface area (Å²) in [6, 6.07) is 10.1. The highest BCUT2D eigenvalue weighted by Crippen LogP contribution is 2.38. The quantitative estimate of drug-likeness (QED) is 0.100. The molecule has 2 saturated heterocycles. The van der Waals surface area contributed by atoms with Crippen molar-refractivity contribution in [2.45, 2.75) is 70.4 Å². The Bertz CT molecular complexity index is 2320. The summed E-state index contributed by atoms with van der Waals surface area (Å²) in [5, 5.41) is 8.69. The molecule has 0 bridgehead atoms. The molecule has 3 atom stereocenters. The molecule has 57 heavy (non-hydrogen) atoms. The summed E-state index contributed by atoms with van der Waals surface area (Å²) in [7, 11) is 1.47. The monoisotopic (exact) mass is 788 g/mol. The number of piperidine rings is 1. The van der Waals surface area contributed by atoms with Gasteiger partial charge in [-0.25, -0.2) is 9.97 Å². The van der Waals surface area contributed by atoms with Crippen LogP contribution in [0, 0.1) is 6.92 Å². The van der Waals surface area contributed by atoms with E-state index in [-0.39, 0.29) is 43.4 Å². The van der Waals surface area contributed by atoms with E-state index in [1.54, 1.807) is 44.2 Å². The van der Waals surface area contributed by atoms with Gasteiger partial charge in [-0.05, 0) is 73.9 Å². The molecule has 1 unspecified atom stereocenters. The van der Waals surface area contributed by atoms with E-state index in [9.17, 15) is 37.1 Å². The number of anilines is 3. The van der Waals surface area contributed by atoms with Crippen LogP contribution in [-0.4, -0.2) is 81.6 Å². The third-order valence-electron chi connectivity index (χ3n) is 10.2. The van der Waals surface area contributed by atoms with E-state index in [1.807, 2.05) is 0 Å². The first-order valence-corrected chi connectivity index (χ1v) is 18.2. The fraction of sp³-hybridized carbons (Fsp3) is 0.359. The fourth-order valence-corrected chi connectivity index (χ4v) is 7.33. The van der Waals surface area contributed by atoms with Crippen molar-refractivity contribution in [1.29, 1.82) is 0 Å². The Morgan fingerprint density at radius 2 is 1.84 bits per heavy atom. The molecule has 1 aromatic heterocycles. The fourth-order valence-electron chi connectivity index (χ4n) is 7.33. The minimum atomic E-state index is -4.57. The Morgan fingerprint density at radius 1 is 1.05 bits per heavy atom. The molecule has 298 valence electrons. The maximum Gasteiger partial charge on any atom is 0.416 e. The number of benzene rings is 3. The molecule has 4 aromatic rings. The zero-order valence-electron chi connectivity index (χ0n) is 31.2. The molecular weight excluding hydrogens is 749 g/mol. The first-order chi connectivity index (χ1) is 27.1. The van der Waals surface area contributed by atoms with Crippen LogP contribution in [0.3, 0.4) is 0 Å². The predicted molar refractivity (Wildman–Crippen MR) is 200 cm³/mol. The van der Waals surface area contributed by atoms with Gasteiger partial charge in [-0.3, -0.25) is 29.3 Å². The largest absolute Gasteiger partial charge is 0.493 e. The zero-order valence-corrected chi connectivity index (χ0v) is 31.2.